The molecule has 1 unspecified atom stereocenters. The van der Waals surface area contributed by atoms with Gasteiger partial charge >= 0.3 is 12.0 Å². The zero-order chi connectivity index (χ0) is 16.2. The van der Waals surface area contributed by atoms with Crippen LogP contribution in [0.4, 0.5) is 4.79 Å². The van der Waals surface area contributed by atoms with Gasteiger partial charge in [0, 0.05) is 18.2 Å². The second-order valence-electron chi connectivity index (χ2n) is 5.34. The third-order valence-electron chi connectivity index (χ3n) is 3.31. The number of aromatic nitrogens is 1. The van der Waals surface area contributed by atoms with Crippen molar-refractivity contribution < 1.29 is 19.2 Å². The maximum absolute atomic E-state index is 12.3. The molecule has 0 aliphatic carbocycles. The van der Waals surface area contributed by atoms with Crippen LogP contribution < -0.4 is 5.32 Å². The van der Waals surface area contributed by atoms with Crippen LogP contribution >= 0.6 is 0 Å². The minimum atomic E-state index is -0.924. The molecule has 0 aliphatic heterocycles. The lowest BCUT2D eigenvalue weighted by atomic mass is 10.1. The van der Waals surface area contributed by atoms with Crippen molar-refractivity contribution in [3.63, 3.8) is 0 Å². The molecule has 1 heterocycles. The lowest BCUT2D eigenvalue weighted by molar-refractivity contribution is -0.137. The van der Waals surface area contributed by atoms with Crippen molar-refractivity contribution in [2.24, 2.45) is 0 Å². The molecule has 0 spiro atoms. The first kappa shape index (κ1) is 17.0. The summed E-state index contributed by atoms with van der Waals surface area (Å²) in [6.07, 6.45) is -0.0781. The SMILES string of the molecule is Cc1noc(C)c1C(C)NC(=O)N(CCC(=O)O)C(C)C. The number of carbonyl (C=O) groups excluding carboxylic acids is 1. The number of carboxylic acid groups (broad SMARTS) is 1. The topological polar surface area (TPSA) is 95.7 Å². The number of hydrogen-bond acceptors (Lipinski definition) is 4. The monoisotopic (exact) mass is 297 g/mol. The van der Waals surface area contributed by atoms with E-state index in [-0.39, 0.29) is 31.1 Å². The average Bonchev–Trinajstić information content (AvgIpc) is 2.68. The van der Waals surface area contributed by atoms with E-state index in [1.807, 2.05) is 27.7 Å². The number of rotatable bonds is 6. The van der Waals surface area contributed by atoms with Gasteiger partial charge in [-0.2, -0.15) is 0 Å². The number of hydrogen-bond donors (Lipinski definition) is 2. The van der Waals surface area contributed by atoms with Crippen LogP contribution in [0.3, 0.4) is 0 Å². The summed E-state index contributed by atoms with van der Waals surface area (Å²) >= 11 is 0. The summed E-state index contributed by atoms with van der Waals surface area (Å²) in [5.74, 6) is -0.255. The van der Waals surface area contributed by atoms with Crippen molar-refractivity contribution in [1.82, 2.24) is 15.4 Å². The Kier molecular flexibility index (Phi) is 5.75. The molecule has 0 bridgehead atoms. The van der Waals surface area contributed by atoms with Gasteiger partial charge in [0.05, 0.1) is 18.2 Å². The van der Waals surface area contributed by atoms with Crippen LogP contribution in [0.1, 0.15) is 50.3 Å². The van der Waals surface area contributed by atoms with E-state index in [2.05, 4.69) is 10.5 Å². The van der Waals surface area contributed by atoms with Crippen LogP contribution in [0.2, 0.25) is 0 Å². The highest BCUT2D eigenvalue weighted by Gasteiger charge is 2.23. The number of urea groups is 1. The maximum atomic E-state index is 12.3. The Morgan fingerprint density at radius 1 is 1.33 bits per heavy atom. The van der Waals surface area contributed by atoms with E-state index < -0.39 is 5.97 Å². The van der Waals surface area contributed by atoms with Gasteiger partial charge in [0.2, 0.25) is 0 Å². The molecule has 0 saturated heterocycles. The molecule has 7 nitrogen and oxygen atoms in total. The van der Waals surface area contributed by atoms with Gasteiger partial charge in [-0.25, -0.2) is 4.79 Å². The van der Waals surface area contributed by atoms with Crippen molar-refractivity contribution in [2.75, 3.05) is 6.54 Å². The fourth-order valence-electron chi connectivity index (χ4n) is 2.26. The van der Waals surface area contributed by atoms with Crippen LogP contribution in [0.5, 0.6) is 0 Å². The number of nitrogens with one attached hydrogen (secondary N) is 1. The largest absolute Gasteiger partial charge is 0.481 e. The Morgan fingerprint density at radius 3 is 2.38 bits per heavy atom. The molecule has 2 N–H and O–H groups in total. The zero-order valence-electron chi connectivity index (χ0n) is 13.1. The normalized spacial score (nSPS) is 12.3. The van der Waals surface area contributed by atoms with Gasteiger partial charge in [-0.15, -0.1) is 0 Å². The summed E-state index contributed by atoms with van der Waals surface area (Å²) in [7, 11) is 0. The fourth-order valence-corrected chi connectivity index (χ4v) is 2.26. The Labute approximate surface area is 124 Å². The van der Waals surface area contributed by atoms with E-state index in [0.29, 0.717) is 5.76 Å². The van der Waals surface area contributed by atoms with Gasteiger partial charge in [-0.3, -0.25) is 4.79 Å². The third kappa shape index (κ3) is 4.47. The van der Waals surface area contributed by atoms with E-state index in [4.69, 9.17) is 9.63 Å². The van der Waals surface area contributed by atoms with Gasteiger partial charge < -0.3 is 19.8 Å². The van der Waals surface area contributed by atoms with Crippen molar-refractivity contribution >= 4 is 12.0 Å². The molecule has 0 aliphatic rings. The first-order chi connectivity index (χ1) is 9.73. The highest BCUT2D eigenvalue weighted by molar-refractivity contribution is 5.76. The lowest BCUT2D eigenvalue weighted by Crippen LogP contribution is -2.45. The summed E-state index contributed by atoms with van der Waals surface area (Å²) < 4.78 is 5.09. The Balaban J connectivity index is 2.75. The molecule has 2 amide bonds. The summed E-state index contributed by atoms with van der Waals surface area (Å²) in [6, 6.07) is -0.630. The minimum absolute atomic E-state index is 0.0781. The van der Waals surface area contributed by atoms with Crippen LogP contribution in [0, 0.1) is 13.8 Å². The number of amides is 2. The Hall–Kier alpha value is -2.05. The zero-order valence-corrected chi connectivity index (χ0v) is 13.1. The molecule has 0 saturated carbocycles. The minimum Gasteiger partial charge on any atom is -0.481 e. The number of nitrogens with zero attached hydrogens (tertiary/aromatic N) is 2. The first-order valence-electron chi connectivity index (χ1n) is 6.95. The Bertz CT molecular complexity index is 491. The molecule has 118 valence electrons. The molecule has 1 rings (SSSR count). The van der Waals surface area contributed by atoms with Gasteiger partial charge in [0.15, 0.2) is 0 Å². The average molecular weight is 297 g/mol. The van der Waals surface area contributed by atoms with E-state index in [9.17, 15) is 9.59 Å². The molecule has 0 aromatic carbocycles. The van der Waals surface area contributed by atoms with E-state index >= 15 is 0 Å². The van der Waals surface area contributed by atoms with Gasteiger partial charge in [0.1, 0.15) is 5.76 Å². The third-order valence-corrected chi connectivity index (χ3v) is 3.31. The van der Waals surface area contributed by atoms with Crippen LogP contribution in [-0.2, 0) is 4.79 Å². The van der Waals surface area contributed by atoms with Crippen molar-refractivity contribution in [1.29, 1.82) is 0 Å². The van der Waals surface area contributed by atoms with Gasteiger partial charge in [-0.05, 0) is 34.6 Å². The maximum Gasteiger partial charge on any atom is 0.318 e. The van der Waals surface area contributed by atoms with E-state index in [0.717, 1.165) is 11.3 Å². The predicted molar refractivity (Wildman–Crippen MR) is 77.0 cm³/mol. The summed E-state index contributed by atoms with van der Waals surface area (Å²) in [5, 5.41) is 15.5. The van der Waals surface area contributed by atoms with Gasteiger partial charge in [-0.1, -0.05) is 5.16 Å². The summed E-state index contributed by atoms with van der Waals surface area (Å²) in [4.78, 5) is 24.5. The standard InChI is InChI=1S/C14H23N3O4/c1-8(2)17(7-6-12(18)19)14(20)15-9(3)13-10(4)16-21-11(13)5/h8-9H,6-7H2,1-5H3,(H,15,20)(H,18,19). The van der Waals surface area contributed by atoms with Crippen LogP contribution in [0.25, 0.3) is 0 Å². The van der Waals surface area contributed by atoms with Crippen molar-refractivity contribution in [2.45, 2.75) is 53.1 Å². The predicted octanol–water partition coefficient (Wildman–Crippen LogP) is 2.25. The summed E-state index contributed by atoms with van der Waals surface area (Å²) in [5.41, 5.74) is 1.59. The number of aryl methyl sites for hydroxylation is 2. The molecule has 0 fully saturated rings. The molecule has 7 heteroatoms. The van der Waals surface area contributed by atoms with Crippen molar-refractivity contribution in [3.05, 3.63) is 17.0 Å². The number of carbonyl (C=O) groups is 2. The number of aliphatic carboxylic acids is 1. The van der Waals surface area contributed by atoms with E-state index in [1.54, 1.807) is 6.92 Å². The molecule has 0 radical (unpaired) electrons. The van der Waals surface area contributed by atoms with E-state index in [1.165, 1.54) is 4.90 Å². The Morgan fingerprint density at radius 2 is 1.95 bits per heavy atom. The van der Waals surface area contributed by atoms with Gasteiger partial charge in [0.25, 0.3) is 0 Å². The number of carboxylic acids is 1. The molecule has 1 aromatic heterocycles. The summed E-state index contributed by atoms with van der Waals surface area (Å²) in [6.45, 7) is 9.33. The molecule has 1 aromatic rings. The molecular weight excluding hydrogens is 274 g/mol. The quantitative estimate of drug-likeness (QED) is 0.839. The smallest absolute Gasteiger partial charge is 0.318 e. The van der Waals surface area contributed by atoms with Crippen LogP contribution in [0.15, 0.2) is 4.52 Å². The fraction of sp³-hybridized carbons (Fsp3) is 0.643. The first-order valence-corrected chi connectivity index (χ1v) is 6.95. The molecule has 21 heavy (non-hydrogen) atoms. The second-order valence-corrected chi connectivity index (χ2v) is 5.34. The highest BCUT2D eigenvalue weighted by Crippen LogP contribution is 2.21. The van der Waals surface area contributed by atoms with Crippen molar-refractivity contribution in [3.8, 4) is 0 Å². The second kappa shape index (κ2) is 7.10. The van der Waals surface area contributed by atoms with Crippen LogP contribution in [-0.4, -0.2) is 39.8 Å². The lowest BCUT2D eigenvalue weighted by Gasteiger charge is -2.28. The molecule has 1 atom stereocenters. The molecular formula is C14H23N3O4. The highest BCUT2D eigenvalue weighted by atomic mass is 16.5.